The summed E-state index contributed by atoms with van der Waals surface area (Å²) in [6, 6.07) is 0. The van der Waals surface area contributed by atoms with Gasteiger partial charge in [0.1, 0.15) is 0 Å². The van der Waals surface area contributed by atoms with Gasteiger partial charge >= 0.3 is 0 Å². The van der Waals surface area contributed by atoms with Gasteiger partial charge in [0.15, 0.2) is 5.78 Å². The molecular formula is C10H17NO3. The van der Waals surface area contributed by atoms with Crippen molar-refractivity contribution in [2.75, 3.05) is 6.54 Å². The number of amides is 1. The molecule has 0 aromatic heterocycles. The molecule has 0 aliphatic rings. The van der Waals surface area contributed by atoms with E-state index in [0.29, 0.717) is 12.0 Å². The van der Waals surface area contributed by atoms with Crippen LogP contribution < -0.4 is 5.32 Å². The van der Waals surface area contributed by atoms with Crippen molar-refractivity contribution in [2.24, 2.45) is 0 Å². The molecule has 2 N–H and O–H groups in total. The second-order valence-corrected chi connectivity index (χ2v) is 3.39. The Bertz CT molecular complexity index is 234. The lowest BCUT2D eigenvalue weighted by Gasteiger charge is -2.05. The summed E-state index contributed by atoms with van der Waals surface area (Å²) in [4.78, 5) is 22.1. The lowest BCUT2D eigenvalue weighted by atomic mass is 10.1. The first-order valence-electron chi connectivity index (χ1n) is 4.57. The average molecular weight is 199 g/mol. The van der Waals surface area contributed by atoms with Crippen molar-refractivity contribution < 1.29 is 14.7 Å². The SMILES string of the molecule is C=C(C)C(=O)NCC(=O)CCC(C)O. The highest BCUT2D eigenvalue weighted by molar-refractivity contribution is 5.95. The molecule has 4 nitrogen and oxygen atoms in total. The van der Waals surface area contributed by atoms with Gasteiger partial charge in [-0.3, -0.25) is 9.59 Å². The smallest absolute Gasteiger partial charge is 0.246 e. The highest BCUT2D eigenvalue weighted by Gasteiger charge is 2.06. The summed E-state index contributed by atoms with van der Waals surface area (Å²) in [6.07, 6.45) is 0.242. The molecule has 1 amide bonds. The van der Waals surface area contributed by atoms with Gasteiger partial charge < -0.3 is 10.4 Å². The van der Waals surface area contributed by atoms with Gasteiger partial charge in [-0.05, 0) is 20.3 Å². The zero-order valence-electron chi connectivity index (χ0n) is 8.67. The third-order valence-corrected chi connectivity index (χ3v) is 1.67. The van der Waals surface area contributed by atoms with Crippen molar-refractivity contribution in [3.05, 3.63) is 12.2 Å². The minimum atomic E-state index is -0.476. The van der Waals surface area contributed by atoms with Gasteiger partial charge in [0.2, 0.25) is 5.91 Å². The molecule has 4 heteroatoms. The summed E-state index contributed by atoms with van der Waals surface area (Å²) >= 11 is 0. The van der Waals surface area contributed by atoms with Gasteiger partial charge in [-0.2, -0.15) is 0 Å². The van der Waals surface area contributed by atoms with Crippen LogP contribution in [0.4, 0.5) is 0 Å². The van der Waals surface area contributed by atoms with E-state index in [0.717, 1.165) is 0 Å². The molecule has 14 heavy (non-hydrogen) atoms. The Kier molecular flexibility index (Phi) is 5.79. The summed E-state index contributed by atoms with van der Waals surface area (Å²) in [5.74, 6) is -0.393. The molecule has 0 heterocycles. The Hall–Kier alpha value is -1.16. The number of aliphatic hydroxyl groups excluding tert-OH is 1. The van der Waals surface area contributed by atoms with Crippen LogP contribution >= 0.6 is 0 Å². The summed E-state index contributed by atoms with van der Waals surface area (Å²) in [7, 11) is 0. The van der Waals surface area contributed by atoms with Gasteiger partial charge in [0, 0.05) is 12.0 Å². The minimum Gasteiger partial charge on any atom is -0.393 e. The lowest BCUT2D eigenvalue weighted by molar-refractivity contribution is -0.123. The fourth-order valence-corrected chi connectivity index (χ4v) is 0.788. The molecule has 0 saturated heterocycles. The second-order valence-electron chi connectivity index (χ2n) is 3.39. The van der Waals surface area contributed by atoms with Crippen molar-refractivity contribution in [2.45, 2.75) is 32.8 Å². The highest BCUT2D eigenvalue weighted by atomic mass is 16.3. The number of ketones is 1. The lowest BCUT2D eigenvalue weighted by Crippen LogP contribution is -2.30. The third kappa shape index (κ3) is 6.37. The number of aliphatic hydroxyl groups is 1. The van der Waals surface area contributed by atoms with E-state index < -0.39 is 6.10 Å². The van der Waals surface area contributed by atoms with E-state index in [9.17, 15) is 9.59 Å². The van der Waals surface area contributed by atoms with Crippen molar-refractivity contribution in [1.82, 2.24) is 5.32 Å². The van der Waals surface area contributed by atoms with E-state index in [1.165, 1.54) is 0 Å². The Morgan fingerprint density at radius 3 is 2.50 bits per heavy atom. The maximum Gasteiger partial charge on any atom is 0.246 e. The molecule has 1 unspecified atom stereocenters. The molecule has 1 atom stereocenters. The van der Waals surface area contributed by atoms with E-state index in [-0.39, 0.29) is 24.7 Å². The van der Waals surface area contributed by atoms with Gasteiger partial charge in [-0.15, -0.1) is 0 Å². The van der Waals surface area contributed by atoms with Crippen LogP contribution in [-0.2, 0) is 9.59 Å². The standard InChI is InChI=1S/C10H17NO3/c1-7(2)10(14)11-6-9(13)5-4-8(3)12/h8,12H,1,4-6H2,2-3H3,(H,11,14). The van der Waals surface area contributed by atoms with Crippen LogP contribution in [0.25, 0.3) is 0 Å². The van der Waals surface area contributed by atoms with E-state index in [2.05, 4.69) is 11.9 Å². The number of hydrogen-bond acceptors (Lipinski definition) is 3. The molecular weight excluding hydrogens is 182 g/mol. The van der Waals surface area contributed by atoms with Gasteiger partial charge in [-0.25, -0.2) is 0 Å². The van der Waals surface area contributed by atoms with Crippen molar-refractivity contribution in [1.29, 1.82) is 0 Å². The average Bonchev–Trinajstić information content (AvgIpc) is 2.10. The molecule has 0 aromatic carbocycles. The molecule has 0 fully saturated rings. The summed E-state index contributed by atoms with van der Waals surface area (Å²) in [6.45, 7) is 6.66. The summed E-state index contributed by atoms with van der Waals surface area (Å²) in [5, 5.41) is 11.3. The number of carbonyl (C=O) groups excluding carboxylic acids is 2. The predicted octanol–water partition coefficient (Wildman–Crippen LogP) is 0.409. The van der Waals surface area contributed by atoms with Crippen LogP contribution in [0.5, 0.6) is 0 Å². The van der Waals surface area contributed by atoms with Crippen LogP contribution in [0.1, 0.15) is 26.7 Å². The van der Waals surface area contributed by atoms with Gasteiger partial charge in [0.25, 0.3) is 0 Å². The molecule has 0 rings (SSSR count). The number of hydrogen-bond donors (Lipinski definition) is 2. The molecule has 0 radical (unpaired) electrons. The Morgan fingerprint density at radius 1 is 1.50 bits per heavy atom. The van der Waals surface area contributed by atoms with Crippen LogP contribution in [0.2, 0.25) is 0 Å². The number of nitrogens with one attached hydrogen (secondary N) is 1. The predicted molar refractivity (Wildman–Crippen MR) is 53.7 cm³/mol. The quantitative estimate of drug-likeness (QED) is 0.609. The van der Waals surface area contributed by atoms with Crippen LogP contribution in [0.3, 0.4) is 0 Å². The van der Waals surface area contributed by atoms with E-state index in [4.69, 9.17) is 5.11 Å². The van der Waals surface area contributed by atoms with Crippen molar-refractivity contribution in [3.8, 4) is 0 Å². The second kappa shape index (κ2) is 6.32. The maximum atomic E-state index is 11.1. The minimum absolute atomic E-state index is 0.0123. The Balaban J connectivity index is 3.64. The van der Waals surface area contributed by atoms with Crippen LogP contribution in [0.15, 0.2) is 12.2 Å². The number of rotatable bonds is 6. The first-order chi connectivity index (χ1) is 6.43. The third-order valence-electron chi connectivity index (χ3n) is 1.67. The first-order valence-corrected chi connectivity index (χ1v) is 4.57. The van der Waals surface area contributed by atoms with E-state index in [1.807, 2.05) is 0 Å². The zero-order chi connectivity index (χ0) is 11.1. The molecule has 0 saturated carbocycles. The number of carbonyl (C=O) groups is 2. The van der Waals surface area contributed by atoms with E-state index >= 15 is 0 Å². The van der Waals surface area contributed by atoms with Crippen molar-refractivity contribution >= 4 is 11.7 Å². The number of Topliss-reactive ketones (excluding diaryl/α,β-unsaturated/α-hetero) is 1. The maximum absolute atomic E-state index is 11.1. The van der Waals surface area contributed by atoms with Crippen LogP contribution in [-0.4, -0.2) is 29.4 Å². The Morgan fingerprint density at radius 2 is 2.07 bits per heavy atom. The van der Waals surface area contributed by atoms with Gasteiger partial charge in [-0.1, -0.05) is 6.58 Å². The molecule has 0 aliphatic carbocycles. The van der Waals surface area contributed by atoms with Crippen molar-refractivity contribution in [3.63, 3.8) is 0 Å². The van der Waals surface area contributed by atoms with Gasteiger partial charge in [0.05, 0.1) is 12.6 Å². The molecule has 0 aliphatic heterocycles. The van der Waals surface area contributed by atoms with Crippen LogP contribution in [0, 0.1) is 0 Å². The highest BCUT2D eigenvalue weighted by Crippen LogP contribution is 1.96. The molecule has 80 valence electrons. The van der Waals surface area contributed by atoms with E-state index in [1.54, 1.807) is 13.8 Å². The normalized spacial score (nSPS) is 11.9. The first kappa shape index (κ1) is 12.8. The molecule has 0 aromatic rings. The fraction of sp³-hybridized carbons (Fsp3) is 0.600. The zero-order valence-corrected chi connectivity index (χ0v) is 8.67. The fourth-order valence-electron chi connectivity index (χ4n) is 0.788. The Labute approximate surface area is 84.0 Å². The largest absolute Gasteiger partial charge is 0.393 e. The molecule has 0 bridgehead atoms. The topological polar surface area (TPSA) is 66.4 Å². The monoisotopic (exact) mass is 199 g/mol. The molecule has 0 spiro atoms. The summed E-state index contributed by atoms with van der Waals surface area (Å²) < 4.78 is 0. The summed E-state index contributed by atoms with van der Waals surface area (Å²) in [5.41, 5.74) is 0.383.